The maximum atomic E-state index is 12.4. The van der Waals surface area contributed by atoms with Crippen molar-refractivity contribution in [2.45, 2.75) is 0 Å². The van der Waals surface area contributed by atoms with Gasteiger partial charge in [0.2, 0.25) is 0 Å². The first kappa shape index (κ1) is 15.0. The van der Waals surface area contributed by atoms with Crippen molar-refractivity contribution in [3.63, 3.8) is 0 Å². The summed E-state index contributed by atoms with van der Waals surface area (Å²) in [7, 11) is 0. The van der Waals surface area contributed by atoms with Crippen LogP contribution in [0, 0.1) is 0 Å². The summed E-state index contributed by atoms with van der Waals surface area (Å²) in [6.07, 6.45) is 1.67. The molecule has 3 rings (SSSR count). The number of carbonyl (C=O) groups is 1. The van der Waals surface area contributed by atoms with E-state index in [9.17, 15) is 4.79 Å². The lowest BCUT2D eigenvalue weighted by Crippen LogP contribution is -2.36. The number of carbonyl (C=O) groups excluding carboxylic acids is 1. The molecule has 1 amide bonds. The van der Waals surface area contributed by atoms with Gasteiger partial charge in [-0.25, -0.2) is 0 Å². The van der Waals surface area contributed by atoms with Gasteiger partial charge in [-0.1, -0.05) is 12.1 Å². The predicted molar refractivity (Wildman–Crippen MR) is 89.4 cm³/mol. The van der Waals surface area contributed by atoms with Gasteiger partial charge in [0.05, 0.1) is 18.9 Å². The number of nitrogens with zero attached hydrogens (tertiary/aromatic N) is 2. The first-order valence-electron chi connectivity index (χ1n) is 7.09. The minimum absolute atomic E-state index is 0.220. The largest absolute Gasteiger partial charge is 0.378 e. The van der Waals surface area contributed by atoms with Crippen molar-refractivity contribution >= 4 is 33.2 Å². The Morgan fingerprint density at radius 3 is 2.77 bits per heavy atom. The molecule has 6 heteroatoms. The molecule has 0 radical (unpaired) electrons. The van der Waals surface area contributed by atoms with E-state index >= 15 is 0 Å². The summed E-state index contributed by atoms with van der Waals surface area (Å²) in [5, 5.41) is 2.87. The normalized spacial score (nSPS) is 14.7. The second-order valence-corrected chi connectivity index (χ2v) is 5.79. The van der Waals surface area contributed by atoms with Gasteiger partial charge in [-0.05, 0) is 40.2 Å². The number of hydrogen-bond donors (Lipinski definition) is 1. The molecule has 0 atom stereocenters. The zero-order chi connectivity index (χ0) is 15.4. The SMILES string of the molecule is O=C(Nc1ccccc1Br)c1cc(N2CCOCC2)ccn1. The molecule has 1 fully saturated rings. The Morgan fingerprint density at radius 2 is 2.00 bits per heavy atom. The molecule has 22 heavy (non-hydrogen) atoms. The van der Waals surface area contributed by atoms with Crippen LogP contribution in [-0.2, 0) is 4.74 Å². The summed E-state index contributed by atoms with van der Waals surface area (Å²) in [4.78, 5) is 18.7. The number of rotatable bonds is 3. The van der Waals surface area contributed by atoms with E-state index < -0.39 is 0 Å². The van der Waals surface area contributed by atoms with Crippen molar-refractivity contribution in [3.05, 3.63) is 52.8 Å². The third kappa shape index (κ3) is 3.45. The van der Waals surface area contributed by atoms with Crippen LogP contribution in [0.1, 0.15) is 10.5 Å². The average Bonchev–Trinajstić information content (AvgIpc) is 2.58. The van der Waals surface area contributed by atoms with Gasteiger partial charge < -0.3 is 15.0 Å². The number of aromatic nitrogens is 1. The van der Waals surface area contributed by atoms with Crippen molar-refractivity contribution in [1.82, 2.24) is 4.98 Å². The summed E-state index contributed by atoms with van der Waals surface area (Å²) in [5.74, 6) is -0.220. The van der Waals surface area contributed by atoms with Crippen LogP contribution < -0.4 is 10.2 Å². The number of amides is 1. The lowest BCUT2D eigenvalue weighted by atomic mass is 10.2. The number of hydrogen-bond acceptors (Lipinski definition) is 4. The summed E-state index contributed by atoms with van der Waals surface area (Å²) in [5.41, 5.74) is 2.13. The van der Waals surface area contributed by atoms with Crippen molar-refractivity contribution in [2.24, 2.45) is 0 Å². The molecule has 1 saturated heterocycles. The van der Waals surface area contributed by atoms with Crippen LogP contribution in [0.4, 0.5) is 11.4 Å². The molecule has 0 aliphatic carbocycles. The Kier molecular flexibility index (Phi) is 4.70. The Morgan fingerprint density at radius 1 is 1.23 bits per heavy atom. The Balaban J connectivity index is 1.76. The molecule has 1 aromatic heterocycles. The van der Waals surface area contributed by atoms with Gasteiger partial charge in [0.25, 0.3) is 5.91 Å². The first-order chi connectivity index (χ1) is 10.7. The van der Waals surface area contributed by atoms with Gasteiger partial charge in [0.15, 0.2) is 0 Å². The number of morpholine rings is 1. The highest BCUT2D eigenvalue weighted by Crippen LogP contribution is 2.22. The Labute approximate surface area is 137 Å². The number of pyridine rings is 1. The van der Waals surface area contributed by atoms with E-state index in [0.717, 1.165) is 28.9 Å². The van der Waals surface area contributed by atoms with Crippen LogP contribution in [0.25, 0.3) is 0 Å². The van der Waals surface area contributed by atoms with Gasteiger partial charge in [0, 0.05) is 29.4 Å². The smallest absolute Gasteiger partial charge is 0.274 e. The van der Waals surface area contributed by atoms with Crippen LogP contribution in [0.5, 0.6) is 0 Å². The van der Waals surface area contributed by atoms with Crippen LogP contribution in [0.15, 0.2) is 47.1 Å². The topological polar surface area (TPSA) is 54.5 Å². The number of anilines is 2. The molecule has 0 unspecified atom stereocenters. The molecule has 0 spiro atoms. The van der Waals surface area contributed by atoms with Gasteiger partial charge in [-0.15, -0.1) is 0 Å². The molecule has 1 aromatic carbocycles. The molecule has 5 nitrogen and oxygen atoms in total. The number of halogens is 1. The van der Waals surface area contributed by atoms with E-state index in [4.69, 9.17) is 4.74 Å². The number of para-hydroxylation sites is 1. The number of nitrogens with one attached hydrogen (secondary N) is 1. The highest BCUT2D eigenvalue weighted by atomic mass is 79.9. The molecule has 2 aromatic rings. The lowest BCUT2D eigenvalue weighted by molar-refractivity contribution is 0.102. The highest BCUT2D eigenvalue weighted by molar-refractivity contribution is 9.10. The number of ether oxygens (including phenoxy) is 1. The first-order valence-corrected chi connectivity index (χ1v) is 7.88. The van der Waals surface area contributed by atoms with Crippen LogP contribution in [0.2, 0.25) is 0 Å². The summed E-state index contributed by atoms with van der Waals surface area (Å²) < 4.78 is 6.19. The third-order valence-corrected chi connectivity index (χ3v) is 4.17. The van der Waals surface area contributed by atoms with Gasteiger partial charge >= 0.3 is 0 Å². The van der Waals surface area contributed by atoms with E-state index in [1.807, 2.05) is 36.4 Å². The van der Waals surface area contributed by atoms with Crippen molar-refractivity contribution in [3.8, 4) is 0 Å². The van der Waals surface area contributed by atoms with Gasteiger partial charge in [0.1, 0.15) is 5.69 Å². The molecule has 2 heterocycles. The van der Waals surface area contributed by atoms with Crippen molar-refractivity contribution in [2.75, 3.05) is 36.5 Å². The zero-order valence-corrected chi connectivity index (χ0v) is 13.5. The maximum absolute atomic E-state index is 12.4. The van der Waals surface area contributed by atoms with E-state index in [1.165, 1.54) is 0 Å². The Bertz CT molecular complexity index is 672. The minimum Gasteiger partial charge on any atom is -0.378 e. The van der Waals surface area contributed by atoms with E-state index in [-0.39, 0.29) is 5.91 Å². The molecule has 1 aliphatic rings. The van der Waals surface area contributed by atoms with Crippen LogP contribution in [0.3, 0.4) is 0 Å². The molecule has 0 saturated carbocycles. The molecular weight excluding hydrogens is 346 g/mol. The molecule has 1 aliphatic heterocycles. The second-order valence-electron chi connectivity index (χ2n) is 4.93. The van der Waals surface area contributed by atoms with E-state index in [2.05, 4.69) is 31.1 Å². The predicted octanol–water partition coefficient (Wildman–Crippen LogP) is 2.93. The van der Waals surface area contributed by atoms with Crippen LogP contribution in [-0.4, -0.2) is 37.2 Å². The van der Waals surface area contributed by atoms with Gasteiger partial charge in [-0.3, -0.25) is 9.78 Å². The lowest BCUT2D eigenvalue weighted by Gasteiger charge is -2.28. The number of benzene rings is 1. The Hall–Kier alpha value is -1.92. The van der Waals surface area contributed by atoms with Gasteiger partial charge in [-0.2, -0.15) is 0 Å². The van der Waals surface area contributed by atoms with E-state index in [0.29, 0.717) is 18.9 Å². The second kappa shape index (κ2) is 6.89. The van der Waals surface area contributed by atoms with Crippen molar-refractivity contribution < 1.29 is 9.53 Å². The zero-order valence-electron chi connectivity index (χ0n) is 12.0. The quantitative estimate of drug-likeness (QED) is 0.912. The standard InChI is InChI=1S/C16H16BrN3O2/c17-13-3-1-2-4-14(13)19-16(21)15-11-12(5-6-18-15)20-7-9-22-10-8-20/h1-6,11H,7-10H2,(H,19,21). The summed E-state index contributed by atoms with van der Waals surface area (Å²) >= 11 is 3.42. The molecule has 0 bridgehead atoms. The van der Waals surface area contributed by atoms with Crippen LogP contribution >= 0.6 is 15.9 Å². The fourth-order valence-corrected chi connectivity index (χ4v) is 2.69. The highest BCUT2D eigenvalue weighted by Gasteiger charge is 2.15. The summed E-state index contributed by atoms with van der Waals surface area (Å²) in [6, 6.07) is 11.2. The monoisotopic (exact) mass is 361 g/mol. The fraction of sp³-hybridized carbons (Fsp3) is 0.250. The fourth-order valence-electron chi connectivity index (χ4n) is 2.31. The van der Waals surface area contributed by atoms with E-state index in [1.54, 1.807) is 6.20 Å². The molecule has 1 N–H and O–H groups in total. The average molecular weight is 362 g/mol. The molecule has 114 valence electrons. The maximum Gasteiger partial charge on any atom is 0.274 e. The third-order valence-electron chi connectivity index (χ3n) is 3.47. The molecular formula is C16H16BrN3O2. The van der Waals surface area contributed by atoms with Crippen molar-refractivity contribution in [1.29, 1.82) is 0 Å². The summed E-state index contributed by atoms with van der Waals surface area (Å²) in [6.45, 7) is 3.08. The minimum atomic E-state index is -0.220.